The quantitative estimate of drug-likeness (QED) is 0.271. The summed E-state index contributed by atoms with van der Waals surface area (Å²) in [6.07, 6.45) is -1.59. The molecule has 0 aliphatic heterocycles. The fourth-order valence-electron chi connectivity index (χ4n) is 4.47. The first-order valence-corrected chi connectivity index (χ1v) is 12.8. The molecular formula is C30H37NO8. The van der Waals surface area contributed by atoms with E-state index in [2.05, 4.69) is 5.32 Å². The van der Waals surface area contributed by atoms with E-state index < -0.39 is 53.1 Å². The Bertz CT molecular complexity index is 1180. The fourth-order valence-corrected chi connectivity index (χ4v) is 4.47. The fraction of sp³-hybridized carbons (Fsp3) is 0.467. The van der Waals surface area contributed by atoms with E-state index in [1.54, 1.807) is 41.5 Å². The maximum Gasteiger partial charge on any atom is 0.408 e. The number of carbonyl (C=O) groups excluding carboxylic acids is 3. The van der Waals surface area contributed by atoms with Crippen molar-refractivity contribution in [3.8, 4) is 11.1 Å². The second-order valence-corrected chi connectivity index (χ2v) is 11.9. The first-order valence-electron chi connectivity index (χ1n) is 12.8. The number of carboxylic acid groups (broad SMARTS) is 1. The summed E-state index contributed by atoms with van der Waals surface area (Å²) in [4.78, 5) is 51.1. The maximum absolute atomic E-state index is 12.9. The number of benzene rings is 2. The third-order valence-corrected chi connectivity index (χ3v) is 6.19. The summed E-state index contributed by atoms with van der Waals surface area (Å²) in [5.74, 6) is -5.17. The van der Waals surface area contributed by atoms with E-state index >= 15 is 0 Å². The smallest absolute Gasteiger partial charge is 0.408 e. The monoisotopic (exact) mass is 539 g/mol. The van der Waals surface area contributed by atoms with Crippen molar-refractivity contribution < 1.29 is 38.5 Å². The first-order chi connectivity index (χ1) is 18.0. The Labute approximate surface area is 228 Å². The number of hydrogen-bond acceptors (Lipinski definition) is 7. The van der Waals surface area contributed by atoms with Crippen molar-refractivity contribution in [1.29, 1.82) is 0 Å². The highest BCUT2D eigenvalue weighted by atomic mass is 16.6. The molecule has 0 spiro atoms. The van der Waals surface area contributed by atoms with Crippen molar-refractivity contribution >= 4 is 24.0 Å². The van der Waals surface area contributed by atoms with Gasteiger partial charge in [-0.15, -0.1) is 0 Å². The van der Waals surface area contributed by atoms with Gasteiger partial charge in [0.25, 0.3) is 0 Å². The van der Waals surface area contributed by atoms with E-state index in [9.17, 15) is 24.3 Å². The molecule has 39 heavy (non-hydrogen) atoms. The van der Waals surface area contributed by atoms with Crippen molar-refractivity contribution in [1.82, 2.24) is 5.32 Å². The van der Waals surface area contributed by atoms with E-state index in [1.807, 2.05) is 48.5 Å². The molecule has 210 valence electrons. The van der Waals surface area contributed by atoms with Gasteiger partial charge < -0.3 is 24.6 Å². The number of rotatable bonds is 8. The van der Waals surface area contributed by atoms with Gasteiger partial charge in [-0.25, -0.2) is 9.59 Å². The summed E-state index contributed by atoms with van der Waals surface area (Å²) >= 11 is 0. The Morgan fingerprint density at radius 1 is 0.795 bits per heavy atom. The van der Waals surface area contributed by atoms with Crippen LogP contribution >= 0.6 is 0 Å². The lowest BCUT2D eigenvalue weighted by Gasteiger charge is -2.31. The van der Waals surface area contributed by atoms with Crippen LogP contribution in [0.1, 0.15) is 71.9 Å². The van der Waals surface area contributed by atoms with Gasteiger partial charge in [-0.05, 0) is 70.7 Å². The molecule has 1 amide bonds. The van der Waals surface area contributed by atoms with Crippen LogP contribution in [0, 0.1) is 5.92 Å². The number of aliphatic carboxylic acids is 1. The van der Waals surface area contributed by atoms with Crippen LogP contribution < -0.4 is 5.32 Å². The summed E-state index contributed by atoms with van der Waals surface area (Å²) in [6.45, 7) is 10.9. The molecule has 2 aromatic rings. The molecule has 1 atom stereocenters. The van der Waals surface area contributed by atoms with E-state index in [-0.39, 0.29) is 12.5 Å². The molecule has 0 fully saturated rings. The number of fused-ring (bicyclic) bond motifs is 3. The number of nitrogens with one attached hydrogen (secondary N) is 1. The van der Waals surface area contributed by atoms with Crippen molar-refractivity contribution in [2.75, 3.05) is 6.61 Å². The van der Waals surface area contributed by atoms with E-state index in [1.165, 1.54) is 6.92 Å². The molecule has 0 saturated carbocycles. The highest BCUT2D eigenvalue weighted by molar-refractivity contribution is 5.96. The normalized spacial score (nSPS) is 14.6. The molecule has 0 bridgehead atoms. The summed E-state index contributed by atoms with van der Waals surface area (Å²) in [5, 5.41) is 12.4. The van der Waals surface area contributed by atoms with Crippen LogP contribution in [0.15, 0.2) is 48.5 Å². The molecule has 2 aromatic carbocycles. The van der Waals surface area contributed by atoms with E-state index in [0.29, 0.717) is 0 Å². The van der Waals surface area contributed by atoms with Gasteiger partial charge in [0.05, 0.1) is 0 Å². The number of amides is 1. The minimum absolute atomic E-state index is 0.0306. The van der Waals surface area contributed by atoms with Crippen LogP contribution in [0.25, 0.3) is 11.1 Å². The number of ether oxygens (including phenoxy) is 3. The van der Waals surface area contributed by atoms with E-state index in [4.69, 9.17) is 14.2 Å². The Morgan fingerprint density at radius 3 is 1.64 bits per heavy atom. The molecule has 1 aliphatic carbocycles. The maximum atomic E-state index is 12.9. The predicted molar refractivity (Wildman–Crippen MR) is 144 cm³/mol. The third kappa shape index (κ3) is 7.37. The second kappa shape index (κ2) is 11.1. The molecule has 9 nitrogen and oxygen atoms in total. The Morgan fingerprint density at radius 2 is 1.23 bits per heavy atom. The molecule has 9 heteroatoms. The highest BCUT2D eigenvalue weighted by Gasteiger charge is 2.45. The predicted octanol–water partition coefficient (Wildman–Crippen LogP) is 5.06. The molecule has 0 unspecified atom stereocenters. The Kier molecular flexibility index (Phi) is 8.43. The number of hydrogen-bond donors (Lipinski definition) is 2. The minimum Gasteiger partial charge on any atom is -0.480 e. The standard InChI is InChI=1S/C30H37NO8/c1-28(2,3)38-24(32)22(25(33)39-29(4,5)6)16-30(7,26(34)35)31-27(36)37-17-23-20-14-10-8-12-18(20)19-13-9-11-15-21(19)23/h8-15,22-23H,16-17H2,1-7H3,(H,31,36)(H,34,35)/t30-/m0/s1. The zero-order valence-corrected chi connectivity index (χ0v) is 23.5. The van der Waals surface area contributed by atoms with Crippen LogP contribution in [-0.4, -0.2) is 52.5 Å². The van der Waals surface area contributed by atoms with Crippen molar-refractivity contribution in [3.63, 3.8) is 0 Å². The van der Waals surface area contributed by atoms with Gasteiger partial charge in [-0.1, -0.05) is 48.5 Å². The lowest BCUT2D eigenvalue weighted by molar-refractivity contribution is -0.176. The van der Waals surface area contributed by atoms with Crippen LogP contribution in [0.5, 0.6) is 0 Å². The summed E-state index contributed by atoms with van der Waals surface area (Å²) in [5.41, 5.74) is 0.199. The van der Waals surface area contributed by atoms with Crippen molar-refractivity contribution in [2.45, 2.75) is 77.5 Å². The first kappa shape index (κ1) is 29.7. The number of alkyl carbamates (subject to hydrolysis) is 1. The Hall–Kier alpha value is -3.88. The van der Waals surface area contributed by atoms with E-state index in [0.717, 1.165) is 22.3 Å². The van der Waals surface area contributed by atoms with Crippen molar-refractivity contribution in [3.05, 3.63) is 59.7 Å². The second-order valence-electron chi connectivity index (χ2n) is 11.9. The summed E-state index contributed by atoms with van der Waals surface area (Å²) in [7, 11) is 0. The van der Waals surface area contributed by atoms with Crippen LogP contribution in [0.4, 0.5) is 4.79 Å². The largest absolute Gasteiger partial charge is 0.480 e. The molecule has 0 heterocycles. The van der Waals surface area contributed by atoms with Gasteiger partial charge in [-0.2, -0.15) is 0 Å². The van der Waals surface area contributed by atoms with Gasteiger partial charge in [0.1, 0.15) is 23.3 Å². The zero-order chi connectivity index (χ0) is 29.2. The lowest BCUT2D eigenvalue weighted by atomic mass is 9.88. The van der Waals surface area contributed by atoms with Gasteiger partial charge in [0, 0.05) is 12.3 Å². The zero-order valence-electron chi connectivity index (χ0n) is 23.5. The van der Waals surface area contributed by atoms with Crippen molar-refractivity contribution in [2.24, 2.45) is 5.92 Å². The molecular weight excluding hydrogens is 502 g/mol. The molecule has 0 radical (unpaired) electrons. The SMILES string of the molecule is CC(C)(C)OC(=O)C(C[C@](C)(NC(=O)OCC1c2ccccc2-c2ccccc21)C(=O)O)C(=O)OC(C)(C)C. The van der Waals surface area contributed by atoms with Gasteiger partial charge in [0.2, 0.25) is 0 Å². The topological polar surface area (TPSA) is 128 Å². The lowest BCUT2D eigenvalue weighted by Crippen LogP contribution is -2.55. The Balaban J connectivity index is 1.78. The van der Waals surface area contributed by atoms with Crippen LogP contribution in [-0.2, 0) is 28.6 Å². The average molecular weight is 540 g/mol. The summed E-state index contributed by atoms with van der Waals surface area (Å²) < 4.78 is 16.2. The number of carbonyl (C=O) groups is 4. The van der Waals surface area contributed by atoms with Gasteiger partial charge in [0.15, 0.2) is 5.92 Å². The minimum atomic E-state index is -2.04. The average Bonchev–Trinajstić information content (AvgIpc) is 3.12. The van der Waals surface area contributed by atoms with Gasteiger partial charge in [-0.3, -0.25) is 9.59 Å². The third-order valence-electron chi connectivity index (χ3n) is 6.19. The highest BCUT2D eigenvalue weighted by Crippen LogP contribution is 2.44. The van der Waals surface area contributed by atoms with Crippen LogP contribution in [0.3, 0.4) is 0 Å². The number of carboxylic acids is 1. The molecule has 0 saturated heterocycles. The number of esters is 2. The molecule has 2 N–H and O–H groups in total. The molecule has 0 aromatic heterocycles. The van der Waals surface area contributed by atoms with Gasteiger partial charge >= 0.3 is 24.0 Å². The summed E-state index contributed by atoms with van der Waals surface area (Å²) in [6, 6.07) is 15.6. The molecule has 1 aliphatic rings. The van der Waals surface area contributed by atoms with Crippen LogP contribution in [0.2, 0.25) is 0 Å². The molecule has 3 rings (SSSR count).